The van der Waals surface area contributed by atoms with Crippen molar-refractivity contribution >= 4 is 15.9 Å². The van der Waals surface area contributed by atoms with Crippen LogP contribution in [0.25, 0.3) is 0 Å². The van der Waals surface area contributed by atoms with E-state index in [-0.39, 0.29) is 21.2 Å². The third-order valence-corrected chi connectivity index (χ3v) is 3.49. The quantitative estimate of drug-likeness (QED) is 0.872. The SMILES string of the molecule is Cc1ccc(C(O)c2cccc(Br)c2F)c(F)c1F. The summed E-state index contributed by atoms with van der Waals surface area (Å²) in [6.07, 6.45) is -1.56. The minimum absolute atomic E-state index is 0.114. The molecule has 0 aliphatic rings. The number of aliphatic hydroxyl groups excluding tert-OH is 1. The molecule has 1 atom stereocenters. The third-order valence-electron chi connectivity index (χ3n) is 2.88. The van der Waals surface area contributed by atoms with E-state index in [0.717, 1.165) is 0 Å². The number of benzene rings is 2. The molecule has 19 heavy (non-hydrogen) atoms. The summed E-state index contributed by atoms with van der Waals surface area (Å²) in [5, 5.41) is 10.0. The Labute approximate surface area is 116 Å². The Bertz CT molecular complexity index is 628. The molecule has 0 saturated carbocycles. The normalized spacial score (nSPS) is 12.5. The summed E-state index contributed by atoms with van der Waals surface area (Å²) >= 11 is 2.98. The van der Waals surface area contributed by atoms with Crippen molar-refractivity contribution in [3.63, 3.8) is 0 Å². The van der Waals surface area contributed by atoms with E-state index in [1.807, 2.05) is 0 Å². The van der Waals surface area contributed by atoms with Crippen LogP contribution in [0.1, 0.15) is 22.8 Å². The van der Waals surface area contributed by atoms with Crippen molar-refractivity contribution in [3.05, 3.63) is 68.9 Å². The minimum Gasteiger partial charge on any atom is -0.383 e. The van der Waals surface area contributed by atoms with Gasteiger partial charge in [-0.1, -0.05) is 24.3 Å². The van der Waals surface area contributed by atoms with E-state index < -0.39 is 23.6 Å². The summed E-state index contributed by atoms with van der Waals surface area (Å²) in [6.45, 7) is 1.41. The Morgan fingerprint density at radius 2 is 1.58 bits per heavy atom. The number of aryl methyl sites for hydroxylation is 1. The van der Waals surface area contributed by atoms with Gasteiger partial charge in [-0.25, -0.2) is 13.2 Å². The van der Waals surface area contributed by atoms with E-state index in [0.29, 0.717) is 0 Å². The average molecular weight is 331 g/mol. The van der Waals surface area contributed by atoms with Gasteiger partial charge in [0.2, 0.25) is 0 Å². The van der Waals surface area contributed by atoms with Crippen molar-refractivity contribution in [2.75, 3.05) is 0 Å². The summed E-state index contributed by atoms with van der Waals surface area (Å²) in [4.78, 5) is 0. The lowest BCUT2D eigenvalue weighted by molar-refractivity contribution is 0.208. The van der Waals surface area contributed by atoms with E-state index >= 15 is 0 Å². The second kappa shape index (κ2) is 5.35. The zero-order valence-corrected chi connectivity index (χ0v) is 11.5. The molecule has 0 fully saturated rings. The lowest BCUT2D eigenvalue weighted by Gasteiger charge is -2.15. The summed E-state index contributed by atoms with van der Waals surface area (Å²) in [7, 11) is 0. The maximum absolute atomic E-state index is 13.8. The van der Waals surface area contributed by atoms with Gasteiger partial charge in [-0.2, -0.15) is 0 Å². The summed E-state index contributed by atoms with van der Waals surface area (Å²) in [5.74, 6) is -2.89. The molecule has 100 valence electrons. The molecule has 1 nitrogen and oxygen atoms in total. The molecule has 0 heterocycles. The van der Waals surface area contributed by atoms with Crippen LogP contribution in [-0.4, -0.2) is 5.11 Å². The molecular weight excluding hydrogens is 321 g/mol. The molecule has 0 saturated heterocycles. The third kappa shape index (κ3) is 2.53. The maximum atomic E-state index is 13.8. The molecule has 0 spiro atoms. The van der Waals surface area contributed by atoms with Gasteiger partial charge in [0.1, 0.15) is 11.9 Å². The van der Waals surface area contributed by atoms with E-state index in [1.165, 1.54) is 37.3 Å². The smallest absolute Gasteiger partial charge is 0.165 e. The zero-order chi connectivity index (χ0) is 14.2. The second-order valence-electron chi connectivity index (χ2n) is 4.15. The number of halogens is 4. The van der Waals surface area contributed by atoms with Gasteiger partial charge >= 0.3 is 0 Å². The lowest BCUT2D eigenvalue weighted by atomic mass is 9.99. The van der Waals surface area contributed by atoms with Crippen molar-refractivity contribution < 1.29 is 18.3 Å². The number of rotatable bonds is 2. The Morgan fingerprint density at radius 3 is 2.26 bits per heavy atom. The van der Waals surface area contributed by atoms with Crippen LogP contribution >= 0.6 is 15.9 Å². The second-order valence-corrected chi connectivity index (χ2v) is 5.00. The highest BCUT2D eigenvalue weighted by molar-refractivity contribution is 9.10. The predicted octanol–water partition coefficient (Wildman–Crippen LogP) is 4.26. The summed E-state index contributed by atoms with van der Waals surface area (Å²) in [6, 6.07) is 6.87. The highest BCUT2D eigenvalue weighted by Gasteiger charge is 2.22. The Morgan fingerprint density at radius 1 is 0.947 bits per heavy atom. The van der Waals surface area contributed by atoms with Gasteiger partial charge in [0.15, 0.2) is 11.6 Å². The first-order valence-corrected chi connectivity index (χ1v) is 6.29. The average Bonchev–Trinajstić information content (AvgIpc) is 2.39. The van der Waals surface area contributed by atoms with E-state index in [2.05, 4.69) is 15.9 Å². The molecule has 0 bridgehead atoms. The van der Waals surface area contributed by atoms with Crippen molar-refractivity contribution in [1.29, 1.82) is 0 Å². The van der Waals surface area contributed by atoms with Gasteiger partial charge in [-0.05, 0) is 34.5 Å². The molecule has 2 rings (SSSR count). The number of aliphatic hydroxyl groups is 1. The van der Waals surface area contributed by atoms with Gasteiger partial charge < -0.3 is 5.11 Å². The van der Waals surface area contributed by atoms with Gasteiger partial charge in [-0.3, -0.25) is 0 Å². The van der Waals surface area contributed by atoms with Crippen LogP contribution in [0.5, 0.6) is 0 Å². The van der Waals surface area contributed by atoms with Crippen LogP contribution in [0, 0.1) is 24.4 Å². The van der Waals surface area contributed by atoms with Gasteiger partial charge in [0.25, 0.3) is 0 Å². The fourth-order valence-electron chi connectivity index (χ4n) is 1.77. The van der Waals surface area contributed by atoms with Crippen molar-refractivity contribution in [2.45, 2.75) is 13.0 Å². The maximum Gasteiger partial charge on any atom is 0.165 e. The van der Waals surface area contributed by atoms with Gasteiger partial charge in [-0.15, -0.1) is 0 Å². The topological polar surface area (TPSA) is 20.2 Å². The predicted molar refractivity (Wildman–Crippen MR) is 69.3 cm³/mol. The van der Waals surface area contributed by atoms with Crippen molar-refractivity contribution in [3.8, 4) is 0 Å². The van der Waals surface area contributed by atoms with Gasteiger partial charge in [0.05, 0.1) is 4.47 Å². The fraction of sp³-hybridized carbons (Fsp3) is 0.143. The molecule has 0 aliphatic heterocycles. The fourth-order valence-corrected chi connectivity index (χ4v) is 2.15. The van der Waals surface area contributed by atoms with E-state index in [1.54, 1.807) is 0 Å². The van der Waals surface area contributed by atoms with Crippen LogP contribution in [0.2, 0.25) is 0 Å². The zero-order valence-electron chi connectivity index (χ0n) is 9.92. The molecule has 0 radical (unpaired) electrons. The van der Waals surface area contributed by atoms with Crippen LogP contribution in [0.3, 0.4) is 0 Å². The van der Waals surface area contributed by atoms with Crippen molar-refractivity contribution in [1.82, 2.24) is 0 Å². The lowest BCUT2D eigenvalue weighted by Crippen LogP contribution is -2.07. The van der Waals surface area contributed by atoms with Crippen LogP contribution in [0.15, 0.2) is 34.8 Å². The first-order valence-electron chi connectivity index (χ1n) is 5.50. The molecular formula is C14H10BrF3O. The first kappa shape index (κ1) is 14.1. The largest absolute Gasteiger partial charge is 0.383 e. The molecule has 2 aromatic carbocycles. The summed E-state index contributed by atoms with van der Waals surface area (Å²) < 4.78 is 41.2. The van der Waals surface area contributed by atoms with Crippen LogP contribution in [-0.2, 0) is 0 Å². The first-order chi connectivity index (χ1) is 8.93. The molecule has 2 aromatic rings. The monoisotopic (exact) mass is 330 g/mol. The number of hydrogen-bond acceptors (Lipinski definition) is 1. The Hall–Kier alpha value is -1.33. The number of hydrogen-bond donors (Lipinski definition) is 1. The molecule has 1 N–H and O–H groups in total. The molecule has 1 unspecified atom stereocenters. The molecule has 0 aliphatic carbocycles. The Balaban J connectivity index is 2.53. The Kier molecular flexibility index (Phi) is 3.96. The van der Waals surface area contributed by atoms with Crippen LogP contribution in [0.4, 0.5) is 13.2 Å². The molecule has 5 heteroatoms. The van der Waals surface area contributed by atoms with Crippen molar-refractivity contribution in [2.24, 2.45) is 0 Å². The minimum atomic E-state index is -1.56. The molecule has 0 aromatic heterocycles. The highest BCUT2D eigenvalue weighted by atomic mass is 79.9. The van der Waals surface area contributed by atoms with E-state index in [9.17, 15) is 18.3 Å². The van der Waals surface area contributed by atoms with Gasteiger partial charge in [0, 0.05) is 11.1 Å². The van der Waals surface area contributed by atoms with E-state index in [4.69, 9.17) is 0 Å². The van der Waals surface area contributed by atoms with Crippen LogP contribution < -0.4 is 0 Å². The molecule has 0 amide bonds. The highest BCUT2D eigenvalue weighted by Crippen LogP contribution is 2.30. The summed E-state index contributed by atoms with van der Waals surface area (Å²) in [5.41, 5.74) is -0.278. The standard InChI is InChI=1S/C14H10BrF3O/c1-7-5-6-9(13(18)11(7)16)14(19)8-3-2-4-10(15)12(8)17/h2-6,14,19H,1H3.